The van der Waals surface area contributed by atoms with Crippen molar-refractivity contribution in [3.05, 3.63) is 224 Å². The Morgan fingerprint density at radius 3 is 1.19 bits per heavy atom. The van der Waals surface area contributed by atoms with Gasteiger partial charge in [-0.3, -0.25) is 0 Å². The van der Waals surface area contributed by atoms with Gasteiger partial charge < -0.3 is 9.80 Å². The first-order valence-electron chi connectivity index (χ1n) is 22.1. The van der Waals surface area contributed by atoms with E-state index in [1.54, 1.807) is 0 Å². The Balaban J connectivity index is 1.18. The normalized spacial score (nSPS) is 12.9. The molecular formula is C60H45BN2. The first-order chi connectivity index (χ1) is 30.9. The molecule has 0 bridgehead atoms. The van der Waals surface area contributed by atoms with Crippen molar-refractivity contribution in [1.29, 1.82) is 0 Å². The maximum absolute atomic E-state index is 2.50. The second-order valence-electron chi connectivity index (χ2n) is 18.1. The van der Waals surface area contributed by atoms with E-state index in [9.17, 15) is 0 Å². The summed E-state index contributed by atoms with van der Waals surface area (Å²) in [6, 6.07) is 81.1. The predicted octanol–water partition coefficient (Wildman–Crippen LogP) is 14.4. The third kappa shape index (κ3) is 5.95. The van der Waals surface area contributed by atoms with Crippen LogP contribution in [-0.2, 0) is 5.41 Å². The van der Waals surface area contributed by atoms with Gasteiger partial charge in [0.15, 0.2) is 0 Å². The standard InChI is InChI=1S/C60H45BN2/c1-60(2,3)44-36-41(35-43(37-44)58-49-29-15-13-27-47(49)57(40-21-7-4-8-22-40)48-28-14-16-30-50(48)58)42-38-55-59-56(39-42)63(46-25-11-6-12-26-46)54-34-20-18-32-52(54)61(59)51-31-17-19-33-53(51)62(55)45-23-9-5-10-24-45/h4-39H,1-3H3. The van der Waals surface area contributed by atoms with Gasteiger partial charge in [0.25, 0.3) is 6.71 Å². The molecule has 0 amide bonds. The van der Waals surface area contributed by atoms with Gasteiger partial charge in [0.2, 0.25) is 0 Å². The highest BCUT2D eigenvalue weighted by Gasteiger charge is 2.43. The maximum atomic E-state index is 2.50. The molecule has 10 aromatic carbocycles. The molecule has 0 aliphatic carbocycles. The summed E-state index contributed by atoms with van der Waals surface area (Å²) in [6.07, 6.45) is 0. The molecule has 0 fully saturated rings. The lowest BCUT2D eigenvalue weighted by Crippen LogP contribution is -2.61. The number of hydrogen-bond acceptors (Lipinski definition) is 2. The molecule has 3 heteroatoms. The summed E-state index contributed by atoms with van der Waals surface area (Å²) in [4.78, 5) is 5.01. The van der Waals surface area contributed by atoms with Crippen molar-refractivity contribution < 1.29 is 0 Å². The first kappa shape index (κ1) is 37.2. The summed E-state index contributed by atoms with van der Waals surface area (Å²) in [6.45, 7) is 7.09. The van der Waals surface area contributed by atoms with Crippen molar-refractivity contribution in [1.82, 2.24) is 0 Å². The van der Waals surface area contributed by atoms with Crippen molar-refractivity contribution in [2.75, 3.05) is 9.80 Å². The lowest BCUT2D eigenvalue weighted by Gasteiger charge is -2.44. The molecule has 0 radical (unpaired) electrons. The van der Waals surface area contributed by atoms with Gasteiger partial charge in [0.1, 0.15) is 0 Å². The third-order valence-corrected chi connectivity index (χ3v) is 13.3. The number of benzene rings is 10. The molecule has 10 aromatic rings. The summed E-state index contributed by atoms with van der Waals surface area (Å²) in [7, 11) is 0. The van der Waals surface area contributed by atoms with Crippen molar-refractivity contribution in [2.45, 2.75) is 26.2 Å². The molecule has 0 unspecified atom stereocenters. The highest BCUT2D eigenvalue weighted by Crippen LogP contribution is 2.48. The van der Waals surface area contributed by atoms with E-state index in [1.165, 1.54) is 99.6 Å². The van der Waals surface area contributed by atoms with E-state index in [0.717, 1.165) is 11.4 Å². The van der Waals surface area contributed by atoms with Gasteiger partial charge in [-0.1, -0.05) is 185 Å². The zero-order valence-electron chi connectivity index (χ0n) is 35.8. The second kappa shape index (κ2) is 14.5. The van der Waals surface area contributed by atoms with Crippen LogP contribution in [-0.4, -0.2) is 6.71 Å². The zero-order chi connectivity index (χ0) is 42.2. The minimum atomic E-state index is -0.113. The Hall–Kier alpha value is -7.62. The second-order valence-corrected chi connectivity index (χ2v) is 18.1. The molecule has 2 aliphatic heterocycles. The summed E-state index contributed by atoms with van der Waals surface area (Å²) in [5.74, 6) is 0. The Bertz CT molecular complexity index is 3220. The number of fused-ring (bicyclic) bond motifs is 6. The van der Waals surface area contributed by atoms with E-state index in [4.69, 9.17) is 0 Å². The van der Waals surface area contributed by atoms with Gasteiger partial charge in [-0.2, -0.15) is 0 Å². The van der Waals surface area contributed by atoms with Gasteiger partial charge in [-0.15, -0.1) is 0 Å². The summed E-state index contributed by atoms with van der Waals surface area (Å²) in [5.41, 5.74) is 19.7. The molecule has 63 heavy (non-hydrogen) atoms. The third-order valence-electron chi connectivity index (χ3n) is 13.3. The summed E-state index contributed by atoms with van der Waals surface area (Å²) >= 11 is 0. The molecular weight excluding hydrogens is 759 g/mol. The van der Waals surface area contributed by atoms with E-state index in [2.05, 4.69) is 249 Å². The SMILES string of the molecule is CC(C)(C)c1cc(-c2cc3c4c(c2)N(c2ccccc2)c2ccccc2B4c2ccccc2N3c2ccccc2)cc(-c2c3ccccc3c(-c3ccccc3)c3ccccc23)c1. The molecule has 2 aliphatic rings. The molecule has 0 saturated heterocycles. The minimum absolute atomic E-state index is 0.0636. The fourth-order valence-corrected chi connectivity index (χ4v) is 10.5. The molecule has 0 saturated carbocycles. The molecule has 0 N–H and O–H groups in total. The lowest BCUT2D eigenvalue weighted by molar-refractivity contribution is 0.591. The average Bonchev–Trinajstić information content (AvgIpc) is 3.33. The number of para-hydroxylation sites is 4. The van der Waals surface area contributed by atoms with Crippen LogP contribution in [0.4, 0.5) is 34.1 Å². The smallest absolute Gasteiger partial charge is 0.252 e. The first-order valence-corrected chi connectivity index (χ1v) is 22.1. The quantitative estimate of drug-likeness (QED) is 0.126. The van der Waals surface area contributed by atoms with Crippen molar-refractivity contribution >= 4 is 78.8 Å². The topological polar surface area (TPSA) is 6.48 Å². The highest BCUT2D eigenvalue weighted by molar-refractivity contribution is 7.00. The van der Waals surface area contributed by atoms with Crippen molar-refractivity contribution in [3.8, 4) is 33.4 Å². The van der Waals surface area contributed by atoms with Crippen LogP contribution in [0, 0.1) is 0 Å². The fraction of sp³-hybridized carbons (Fsp3) is 0.0667. The Morgan fingerprint density at radius 1 is 0.333 bits per heavy atom. The van der Waals surface area contributed by atoms with Crippen LogP contribution in [0.5, 0.6) is 0 Å². The van der Waals surface area contributed by atoms with Gasteiger partial charge in [0.05, 0.1) is 0 Å². The zero-order valence-corrected chi connectivity index (χ0v) is 35.8. The van der Waals surface area contributed by atoms with Crippen LogP contribution in [0.3, 0.4) is 0 Å². The van der Waals surface area contributed by atoms with Gasteiger partial charge in [0, 0.05) is 34.1 Å². The van der Waals surface area contributed by atoms with Crippen LogP contribution in [0.25, 0.3) is 54.9 Å². The van der Waals surface area contributed by atoms with E-state index in [1.807, 2.05) is 0 Å². The predicted molar refractivity (Wildman–Crippen MR) is 270 cm³/mol. The maximum Gasteiger partial charge on any atom is 0.252 e. The summed E-state index contributed by atoms with van der Waals surface area (Å²) in [5, 5.41) is 5.04. The lowest BCUT2D eigenvalue weighted by atomic mass is 9.33. The molecule has 12 rings (SSSR count). The van der Waals surface area contributed by atoms with E-state index in [-0.39, 0.29) is 12.1 Å². The van der Waals surface area contributed by atoms with Crippen LogP contribution in [0.1, 0.15) is 26.3 Å². The van der Waals surface area contributed by atoms with Crippen molar-refractivity contribution in [2.24, 2.45) is 0 Å². The largest absolute Gasteiger partial charge is 0.311 e. The van der Waals surface area contributed by atoms with E-state index >= 15 is 0 Å². The minimum Gasteiger partial charge on any atom is -0.311 e. The summed E-state index contributed by atoms with van der Waals surface area (Å²) < 4.78 is 0. The molecule has 2 heterocycles. The number of nitrogens with zero attached hydrogens (tertiary/aromatic N) is 2. The molecule has 0 spiro atoms. The molecule has 0 atom stereocenters. The average molecular weight is 805 g/mol. The van der Waals surface area contributed by atoms with Gasteiger partial charge in [-0.25, -0.2) is 0 Å². The van der Waals surface area contributed by atoms with Gasteiger partial charge >= 0.3 is 0 Å². The Kier molecular flexibility index (Phi) is 8.56. The molecule has 2 nitrogen and oxygen atoms in total. The van der Waals surface area contributed by atoms with Crippen LogP contribution >= 0.6 is 0 Å². The Labute approximate surface area is 370 Å². The molecule has 298 valence electrons. The van der Waals surface area contributed by atoms with Crippen LogP contribution < -0.4 is 26.2 Å². The van der Waals surface area contributed by atoms with Gasteiger partial charge in [-0.05, 0) is 137 Å². The van der Waals surface area contributed by atoms with Crippen molar-refractivity contribution in [3.63, 3.8) is 0 Å². The highest BCUT2D eigenvalue weighted by atomic mass is 15.2. The van der Waals surface area contributed by atoms with E-state index in [0.29, 0.717) is 0 Å². The molecule has 0 aromatic heterocycles. The number of rotatable bonds is 5. The Morgan fingerprint density at radius 2 is 0.714 bits per heavy atom. The number of anilines is 6. The van der Waals surface area contributed by atoms with Crippen LogP contribution in [0.2, 0.25) is 0 Å². The monoisotopic (exact) mass is 804 g/mol. The van der Waals surface area contributed by atoms with E-state index < -0.39 is 0 Å². The fourth-order valence-electron chi connectivity index (χ4n) is 10.5. The van der Waals surface area contributed by atoms with Crippen LogP contribution in [0.15, 0.2) is 218 Å². The number of hydrogen-bond donors (Lipinski definition) is 0.